The van der Waals surface area contributed by atoms with Gasteiger partial charge in [-0.15, -0.1) is 0 Å². The predicted molar refractivity (Wildman–Crippen MR) is 277 cm³/mol. The van der Waals surface area contributed by atoms with Crippen molar-refractivity contribution in [2.24, 2.45) is 76.7 Å². The van der Waals surface area contributed by atoms with Crippen LogP contribution in [0, 0.1) is 71.0 Å². The van der Waals surface area contributed by atoms with Crippen LogP contribution >= 0.6 is 0 Å². The Bertz CT molecular complexity index is 2140. The monoisotopic (exact) mass is 1050 g/mol. The maximum Gasteiger partial charge on any atom is 0.220 e. The lowest BCUT2D eigenvalue weighted by atomic mass is 9.70. The number of primary amides is 1. The zero-order chi connectivity index (χ0) is 54.6. The second-order valence-corrected chi connectivity index (χ2v) is 23.4. The molecule has 2 heterocycles. The fourth-order valence-corrected chi connectivity index (χ4v) is 13.3. The largest absolute Gasteiger partial charge is 0.550 e. The van der Waals surface area contributed by atoms with E-state index in [0.717, 1.165) is 57.1 Å². The van der Waals surface area contributed by atoms with E-state index in [4.69, 9.17) is 5.73 Å². The van der Waals surface area contributed by atoms with Crippen molar-refractivity contribution in [1.29, 1.82) is 0 Å². The maximum absolute atomic E-state index is 14.8. The van der Waals surface area contributed by atoms with Gasteiger partial charge in [-0.3, -0.25) is 38.4 Å². The van der Waals surface area contributed by atoms with Crippen LogP contribution in [-0.4, -0.2) is 96.0 Å². The highest BCUT2D eigenvalue weighted by atomic mass is 16.4. The van der Waals surface area contributed by atoms with E-state index in [1.165, 1.54) is 19.1 Å². The molecule has 12 atom stereocenters. The first-order chi connectivity index (χ1) is 35.8. The molecule has 8 unspecified atom stereocenters. The summed E-state index contributed by atoms with van der Waals surface area (Å²) in [7, 11) is 0. The van der Waals surface area contributed by atoms with Crippen molar-refractivity contribution in [3.8, 4) is 5.75 Å². The third-order valence-corrected chi connectivity index (χ3v) is 17.7. The molecule has 0 radical (unpaired) electrons. The Labute approximate surface area is 444 Å². The van der Waals surface area contributed by atoms with Gasteiger partial charge < -0.3 is 41.9 Å². The molecule has 2 saturated carbocycles. The van der Waals surface area contributed by atoms with Crippen LogP contribution in [0.15, 0.2) is 24.3 Å². The molecule has 1 aromatic rings. The molecule has 4 aliphatic rings. The number of unbranched alkanes of at least 4 members (excludes halogenated alkanes) is 1. The van der Waals surface area contributed by atoms with Crippen molar-refractivity contribution in [1.82, 2.24) is 0 Å². The average Bonchev–Trinajstić information content (AvgIpc) is 3.37. The van der Waals surface area contributed by atoms with Gasteiger partial charge in [0.05, 0.1) is 44.6 Å². The van der Waals surface area contributed by atoms with Crippen LogP contribution in [0.1, 0.15) is 167 Å². The van der Waals surface area contributed by atoms with Gasteiger partial charge in [-0.2, -0.15) is 0 Å². The molecular formula is C59H90N4O12+2. The SMILES string of the molecule is CC(=O)CC1CCCCC1C(=O)C[C@@H](CCC(=O)[O-])C(=O)CC1CC[NH2+]CC1C(=O)C[C@@H](Cc1ccc(O)cc1)C(=O)CC1CCCCC1C(=O)C[C@@H](CCCC[NH3+])C(=O)CC1CC[NH2+]CC1C(=O)C[C@@H](C)C(N)=O. The normalized spacial score (nSPS) is 25.7. The number of carboxylic acids is 1. The molecule has 2 aliphatic heterocycles. The summed E-state index contributed by atoms with van der Waals surface area (Å²) in [5, 5.41) is 25.8. The standard InChI is InChI=1S/C59H88N4O12/c1-36(59(61)75)25-54(69)49-34-62-23-20-41(49)29-51(66)43(11-7-8-22-60)31-55(70)48-13-6-4-10-40(48)28-53(68)45(27-38-14-17-46(65)18-15-38)33-57(72)50-35-63-24-21-42(50)30-52(67)44(16-19-58(73)74)32-56(71)47-12-5-3-9-39(47)26-37(2)64/h14-15,17-18,36,39-45,47-50,62-63,65H,3-13,16,19-35,60H2,1-2H3,(H2,61,75)(H,73,74)/p+2/t36-,39?,40?,41?,42?,43-,44-,45-,47?,48?,49?,50?/m1/s1. The van der Waals surface area contributed by atoms with Crippen molar-refractivity contribution in [3.05, 3.63) is 29.8 Å². The Balaban J connectivity index is 1.30. The molecule has 0 bridgehead atoms. The topological polar surface area (TPSA) is 301 Å². The molecule has 10 N–H and O–H groups in total. The van der Waals surface area contributed by atoms with Gasteiger partial charge in [-0.05, 0) is 112 Å². The van der Waals surface area contributed by atoms with Crippen LogP contribution in [0.2, 0.25) is 0 Å². The zero-order valence-electron chi connectivity index (χ0n) is 45.1. The zero-order valence-corrected chi connectivity index (χ0v) is 45.1. The van der Waals surface area contributed by atoms with E-state index in [1.807, 2.05) is 5.32 Å². The number of amides is 1. The molecule has 16 nitrogen and oxygen atoms in total. The number of phenols is 1. The summed E-state index contributed by atoms with van der Waals surface area (Å²) < 4.78 is 0. The third-order valence-electron chi connectivity index (χ3n) is 17.7. The molecule has 416 valence electrons. The number of carboxylic acid groups (broad SMARTS) is 1. The van der Waals surface area contributed by atoms with Crippen LogP contribution in [0.5, 0.6) is 5.75 Å². The first kappa shape index (κ1) is 61.1. The molecule has 2 aliphatic carbocycles. The minimum absolute atomic E-state index is 0.00541. The molecule has 1 amide bonds. The van der Waals surface area contributed by atoms with Crippen LogP contribution < -0.4 is 27.2 Å². The summed E-state index contributed by atoms with van der Waals surface area (Å²) in [4.78, 5) is 135. The summed E-state index contributed by atoms with van der Waals surface area (Å²) in [6.07, 6.45) is 9.49. The fraction of sp³-hybridized carbons (Fsp3) is 0.729. The Morgan fingerprint density at radius 2 is 1.04 bits per heavy atom. The highest BCUT2D eigenvalue weighted by molar-refractivity contribution is 5.94. The minimum atomic E-state index is -1.32. The fourth-order valence-electron chi connectivity index (χ4n) is 13.3. The molecule has 75 heavy (non-hydrogen) atoms. The quantitative estimate of drug-likeness (QED) is 0.0635. The number of hydrogen-bond donors (Lipinski definition) is 5. The van der Waals surface area contributed by atoms with E-state index in [2.05, 4.69) is 11.1 Å². The predicted octanol–water partition coefficient (Wildman–Crippen LogP) is 2.55. The van der Waals surface area contributed by atoms with Gasteiger partial charge in [0, 0.05) is 106 Å². The van der Waals surface area contributed by atoms with Gasteiger partial charge in [0.2, 0.25) is 5.91 Å². The second kappa shape index (κ2) is 30.8. The number of aliphatic carboxylic acids is 1. The summed E-state index contributed by atoms with van der Waals surface area (Å²) in [5.74, 6) is -8.07. The Kier molecular flexibility index (Phi) is 25.1. The Morgan fingerprint density at radius 1 is 0.600 bits per heavy atom. The molecule has 0 aromatic heterocycles. The number of piperidine rings is 2. The van der Waals surface area contributed by atoms with Gasteiger partial charge in [0.1, 0.15) is 52.0 Å². The van der Waals surface area contributed by atoms with Crippen LogP contribution in [0.4, 0.5) is 0 Å². The number of carbonyl (C=O) groups is 10. The number of hydrogen-bond acceptors (Lipinski definition) is 12. The third kappa shape index (κ3) is 19.3. The van der Waals surface area contributed by atoms with Crippen LogP contribution in [0.3, 0.4) is 0 Å². The molecule has 1 aromatic carbocycles. The Morgan fingerprint density at radius 3 is 1.53 bits per heavy atom. The number of quaternary nitrogens is 3. The smallest absolute Gasteiger partial charge is 0.220 e. The van der Waals surface area contributed by atoms with Crippen molar-refractivity contribution >= 4 is 58.1 Å². The lowest BCUT2D eigenvalue weighted by Gasteiger charge is -2.33. The van der Waals surface area contributed by atoms with Crippen LogP contribution in [-0.2, 0) is 54.4 Å². The number of Topliss-reactive ketones (excluding diaryl/α,β-unsaturated/α-hetero) is 8. The summed E-state index contributed by atoms with van der Waals surface area (Å²) in [5.41, 5.74) is 10.2. The van der Waals surface area contributed by atoms with Crippen molar-refractivity contribution in [2.75, 3.05) is 32.7 Å². The van der Waals surface area contributed by atoms with E-state index in [9.17, 15) is 58.2 Å². The van der Waals surface area contributed by atoms with E-state index < -0.39 is 47.4 Å². The van der Waals surface area contributed by atoms with Gasteiger partial charge in [0.25, 0.3) is 0 Å². The van der Waals surface area contributed by atoms with Gasteiger partial charge in [-0.1, -0.05) is 44.7 Å². The van der Waals surface area contributed by atoms with Crippen LogP contribution in [0.25, 0.3) is 0 Å². The summed E-state index contributed by atoms with van der Waals surface area (Å²) >= 11 is 0. The number of ketones is 8. The number of benzene rings is 1. The lowest BCUT2D eigenvalue weighted by Crippen LogP contribution is -2.88. The first-order valence-electron chi connectivity index (χ1n) is 28.7. The average molecular weight is 1050 g/mol. The second-order valence-electron chi connectivity index (χ2n) is 23.4. The van der Waals surface area contributed by atoms with Crippen molar-refractivity contribution in [3.63, 3.8) is 0 Å². The summed E-state index contributed by atoms with van der Waals surface area (Å²) in [6, 6.07) is 6.53. The summed E-state index contributed by atoms with van der Waals surface area (Å²) in [6.45, 7) is 6.24. The molecule has 16 heteroatoms. The van der Waals surface area contributed by atoms with Crippen molar-refractivity contribution < 1.29 is 74.5 Å². The molecule has 2 saturated heterocycles. The van der Waals surface area contributed by atoms with Crippen molar-refractivity contribution in [2.45, 2.75) is 168 Å². The van der Waals surface area contributed by atoms with Gasteiger partial charge in [0.15, 0.2) is 0 Å². The number of rotatable bonds is 33. The molecular weight excluding hydrogens is 957 g/mol. The molecule has 0 spiro atoms. The highest BCUT2D eigenvalue weighted by Crippen LogP contribution is 2.39. The molecule has 5 rings (SSSR count). The number of phenolic OH excluding ortho intramolecular Hbond substituents is 1. The molecule has 4 fully saturated rings. The van der Waals surface area contributed by atoms with E-state index in [-0.39, 0.29) is 152 Å². The van der Waals surface area contributed by atoms with E-state index >= 15 is 0 Å². The van der Waals surface area contributed by atoms with Gasteiger partial charge in [-0.25, -0.2) is 0 Å². The Hall–Kier alpha value is -4.80. The van der Waals surface area contributed by atoms with Gasteiger partial charge >= 0.3 is 0 Å². The van der Waals surface area contributed by atoms with E-state index in [0.29, 0.717) is 71.1 Å². The maximum atomic E-state index is 14.8. The highest BCUT2D eigenvalue weighted by Gasteiger charge is 2.42. The number of carbonyl (C=O) groups excluding carboxylic acids is 10. The minimum Gasteiger partial charge on any atom is -0.550 e. The van der Waals surface area contributed by atoms with E-state index in [1.54, 1.807) is 19.1 Å². The lowest BCUT2D eigenvalue weighted by molar-refractivity contribution is -0.669. The first-order valence-corrected chi connectivity index (χ1v) is 28.7. The number of nitrogens with two attached hydrogens (primary N) is 3. The number of aromatic hydroxyl groups is 1.